The van der Waals surface area contributed by atoms with Crippen molar-refractivity contribution in [1.29, 1.82) is 0 Å². The molecular formula is C14H23NO4. The number of alkyl carbamates (subject to hydrolysis) is 1. The molecule has 0 aromatic carbocycles. The van der Waals surface area contributed by atoms with E-state index in [0.717, 1.165) is 12.0 Å². The van der Waals surface area contributed by atoms with Crippen LogP contribution in [0.15, 0.2) is 24.3 Å². The SMILES string of the molecule is C=C(COC(=O)NCCOC(=O)C(=C)C)CC(C)C. The highest BCUT2D eigenvalue weighted by atomic mass is 16.6. The molecule has 5 heteroatoms. The highest BCUT2D eigenvalue weighted by Gasteiger charge is 2.06. The molecule has 0 aromatic rings. The first-order valence-corrected chi connectivity index (χ1v) is 6.22. The van der Waals surface area contributed by atoms with Crippen molar-refractivity contribution in [2.45, 2.75) is 27.2 Å². The molecule has 108 valence electrons. The highest BCUT2D eigenvalue weighted by molar-refractivity contribution is 5.86. The van der Waals surface area contributed by atoms with Crippen molar-refractivity contribution < 1.29 is 19.1 Å². The van der Waals surface area contributed by atoms with E-state index in [9.17, 15) is 9.59 Å². The average Bonchev–Trinajstić information content (AvgIpc) is 2.30. The van der Waals surface area contributed by atoms with Gasteiger partial charge in [0, 0.05) is 5.57 Å². The van der Waals surface area contributed by atoms with Gasteiger partial charge in [0.2, 0.25) is 0 Å². The van der Waals surface area contributed by atoms with Crippen LogP contribution in [0.5, 0.6) is 0 Å². The molecule has 0 aliphatic heterocycles. The van der Waals surface area contributed by atoms with Gasteiger partial charge in [0.1, 0.15) is 13.2 Å². The summed E-state index contributed by atoms with van der Waals surface area (Å²) in [6.45, 7) is 13.5. The molecule has 0 aliphatic rings. The van der Waals surface area contributed by atoms with Gasteiger partial charge in [0.05, 0.1) is 6.54 Å². The van der Waals surface area contributed by atoms with Crippen LogP contribution in [0.4, 0.5) is 4.79 Å². The van der Waals surface area contributed by atoms with E-state index in [0.29, 0.717) is 11.5 Å². The molecule has 19 heavy (non-hydrogen) atoms. The smallest absolute Gasteiger partial charge is 0.407 e. The number of carbonyl (C=O) groups excluding carboxylic acids is 2. The van der Waals surface area contributed by atoms with E-state index < -0.39 is 12.1 Å². The summed E-state index contributed by atoms with van der Waals surface area (Å²) in [4.78, 5) is 22.3. The van der Waals surface area contributed by atoms with E-state index in [1.807, 2.05) is 0 Å². The Balaban J connectivity index is 3.63. The van der Waals surface area contributed by atoms with E-state index in [4.69, 9.17) is 9.47 Å². The summed E-state index contributed by atoms with van der Waals surface area (Å²) in [5.74, 6) is 0.0150. The zero-order valence-corrected chi connectivity index (χ0v) is 12.0. The van der Waals surface area contributed by atoms with Gasteiger partial charge in [-0.25, -0.2) is 9.59 Å². The molecule has 0 rings (SSSR count). The van der Waals surface area contributed by atoms with Crippen LogP contribution in [0.1, 0.15) is 27.2 Å². The number of esters is 1. The van der Waals surface area contributed by atoms with Crippen LogP contribution < -0.4 is 5.32 Å². The molecule has 1 amide bonds. The number of ether oxygens (including phenoxy) is 2. The molecule has 0 aliphatic carbocycles. The molecule has 0 heterocycles. The van der Waals surface area contributed by atoms with Gasteiger partial charge in [-0.05, 0) is 24.8 Å². The molecule has 0 atom stereocenters. The van der Waals surface area contributed by atoms with Crippen LogP contribution in [0.2, 0.25) is 0 Å². The lowest BCUT2D eigenvalue weighted by Crippen LogP contribution is -2.29. The van der Waals surface area contributed by atoms with Gasteiger partial charge >= 0.3 is 12.1 Å². The zero-order valence-electron chi connectivity index (χ0n) is 12.0. The van der Waals surface area contributed by atoms with E-state index in [1.165, 1.54) is 0 Å². The van der Waals surface area contributed by atoms with Crippen molar-refractivity contribution in [2.75, 3.05) is 19.8 Å². The topological polar surface area (TPSA) is 64.6 Å². The molecule has 0 saturated carbocycles. The predicted octanol–water partition coefficient (Wildman–Crippen LogP) is 2.43. The molecule has 0 radical (unpaired) electrons. The van der Waals surface area contributed by atoms with Gasteiger partial charge in [-0.15, -0.1) is 0 Å². The van der Waals surface area contributed by atoms with Crippen molar-refractivity contribution in [3.05, 3.63) is 24.3 Å². The summed E-state index contributed by atoms with van der Waals surface area (Å²) in [5.41, 5.74) is 1.20. The minimum absolute atomic E-state index is 0.0910. The Labute approximate surface area is 114 Å². The number of nitrogens with one attached hydrogen (secondary N) is 1. The second kappa shape index (κ2) is 9.19. The van der Waals surface area contributed by atoms with Crippen LogP contribution >= 0.6 is 0 Å². The third kappa shape index (κ3) is 9.88. The quantitative estimate of drug-likeness (QED) is 0.318. The van der Waals surface area contributed by atoms with Crippen molar-refractivity contribution >= 4 is 12.1 Å². The number of hydrogen-bond acceptors (Lipinski definition) is 4. The minimum atomic E-state index is -0.545. The van der Waals surface area contributed by atoms with E-state index in [1.54, 1.807) is 6.92 Å². The summed E-state index contributed by atoms with van der Waals surface area (Å²) >= 11 is 0. The largest absolute Gasteiger partial charge is 0.460 e. The molecule has 0 unspecified atom stereocenters. The van der Waals surface area contributed by atoms with Gasteiger partial charge in [0.25, 0.3) is 0 Å². The van der Waals surface area contributed by atoms with Crippen LogP contribution in [0.3, 0.4) is 0 Å². The maximum Gasteiger partial charge on any atom is 0.407 e. The van der Waals surface area contributed by atoms with E-state index in [-0.39, 0.29) is 19.8 Å². The van der Waals surface area contributed by atoms with Crippen molar-refractivity contribution in [3.8, 4) is 0 Å². The summed E-state index contributed by atoms with van der Waals surface area (Å²) in [7, 11) is 0. The van der Waals surface area contributed by atoms with Gasteiger partial charge in [0.15, 0.2) is 0 Å². The molecule has 5 nitrogen and oxygen atoms in total. The summed E-state index contributed by atoms with van der Waals surface area (Å²) in [6, 6.07) is 0. The molecule has 0 aromatic heterocycles. The van der Waals surface area contributed by atoms with Crippen LogP contribution in [-0.2, 0) is 14.3 Å². The first-order valence-electron chi connectivity index (χ1n) is 6.22. The Hall–Kier alpha value is -1.78. The lowest BCUT2D eigenvalue weighted by Gasteiger charge is -2.10. The second-order valence-corrected chi connectivity index (χ2v) is 4.77. The predicted molar refractivity (Wildman–Crippen MR) is 73.7 cm³/mol. The standard InChI is InChI=1S/C14H23NO4/c1-10(2)8-12(5)9-19-14(17)15-6-7-18-13(16)11(3)4/h10H,3,5-9H2,1-2,4H3,(H,15,17). The summed E-state index contributed by atoms with van der Waals surface area (Å²) in [5, 5.41) is 2.48. The fourth-order valence-electron chi connectivity index (χ4n) is 1.27. The Kier molecular flexibility index (Phi) is 8.33. The third-order valence-corrected chi connectivity index (χ3v) is 2.06. The minimum Gasteiger partial charge on any atom is -0.460 e. The Morgan fingerprint density at radius 2 is 1.84 bits per heavy atom. The maximum absolute atomic E-state index is 11.3. The van der Waals surface area contributed by atoms with Gasteiger partial charge in [-0.1, -0.05) is 27.0 Å². The fraction of sp³-hybridized carbons (Fsp3) is 0.571. The summed E-state index contributed by atoms with van der Waals surface area (Å²) in [6.07, 6.45) is 0.278. The van der Waals surface area contributed by atoms with Crippen LogP contribution in [0.25, 0.3) is 0 Å². The first-order chi connectivity index (χ1) is 8.82. The maximum atomic E-state index is 11.3. The molecule has 0 spiro atoms. The molecule has 1 N–H and O–H groups in total. The van der Waals surface area contributed by atoms with Crippen molar-refractivity contribution in [2.24, 2.45) is 5.92 Å². The first kappa shape index (κ1) is 17.2. The Morgan fingerprint density at radius 3 is 2.37 bits per heavy atom. The molecular weight excluding hydrogens is 246 g/mol. The zero-order chi connectivity index (χ0) is 14.8. The third-order valence-electron chi connectivity index (χ3n) is 2.06. The summed E-state index contributed by atoms with van der Waals surface area (Å²) < 4.78 is 9.76. The van der Waals surface area contributed by atoms with Crippen LogP contribution in [-0.4, -0.2) is 31.8 Å². The van der Waals surface area contributed by atoms with Crippen molar-refractivity contribution in [1.82, 2.24) is 5.32 Å². The average molecular weight is 269 g/mol. The highest BCUT2D eigenvalue weighted by Crippen LogP contribution is 2.08. The number of hydrogen-bond donors (Lipinski definition) is 1. The fourth-order valence-corrected chi connectivity index (χ4v) is 1.27. The van der Waals surface area contributed by atoms with Gasteiger partial charge < -0.3 is 14.8 Å². The lowest BCUT2D eigenvalue weighted by molar-refractivity contribution is -0.138. The Morgan fingerprint density at radius 1 is 1.21 bits per heavy atom. The van der Waals surface area contributed by atoms with E-state index in [2.05, 4.69) is 32.3 Å². The number of carbonyl (C=O) groups is 2. The van der Waals surface area contributed by atoms with E-state index >= 15 is 0 Å². The molecule has 0 fully saturated rings. The molecule has 0 bridgehead atoms. The van der Waals surface area contributed by atoms with Gasteiger partial charge in [-0.3, -0.25) is 0 Å². The lowest BCUT2D eigenvalue weighted by atomic mass is 10.1. The number of amides is 1. The normalized spacial score (nSPS) is 9.89. The van der Waals surface area contributed by atoms with Crippen molar-refractivity contribution in [3.63, 3.8) is 0 Å². The van der Waals surface area contributed by atoms with Crippen LogP contribution in [0, 0.1) is 5.92 Å². The second-order valence-electron chi connectivity index (χ2n) is 4.77. The number of rotatable bonds is 8. The van der Waals surface area contributed by atoms with Gasteiger partial charge in [-0.2, -0.15) is 0 Å². The molecule has 0 saturated heterocycles. The Bertz CT molecular complexity index is 347. The monoisotopic (exact) mass is 269 g/mol.